The summed E-state index contributed by atoms with van der Waals surface area (Å²) in [5.41, 5.74) is 6.35. The zero-order chi connectivity index (χ0) is 23.3. The van der Waals surface area contributed by atoms with Gasteiger partial charge in [-0.15, -0.1) is 0 Å². The summed E-state index contributed by atoms with van der Waals surface area (Å²) < 4.78 is 7.01. The molecule has 0 fully saturated rings. The first kappa shape index (κ1) is 21.2. The lowest BCUT2D eigenvalue weighted by Crippen LogP contribution is -2.18. The van der Waals surface area contributed by atoms with E-state index in [9.17, 15) is 4.79 Å². The third-order valence-corrected chi connectivity index (χ3v) is 5.48. The molecule has 0 aliphatic carbocycles. The Hall–Kier alpha value is -4.71. The Morgan fingerprint density at radius 2 is 1.68 bits per heavy atom. The molecule has 0 spiro atoms. The van der Waals surface area contributed by atoms with E-state index in [1.807, 2.05) is 78.9 Å². The number of amides is 1. The molecular weight excluding hydrogens is 424 g/mol. The maximum atomic E-state index is 12.9. The van der Waals surface area contributed by atoms with E-state index in [0.717, 1.165) is 39.0 Å². The number of aromatic nitrogens is 2. The SMILES string of the molecule is COc1cccc(/C=N\NC(=O)c2cc(-c3cccc4ccccc34)n(-c3ccccc3)n2)c1. The summed E-state index contributed by atoms with van der Waals surface area (Å²) >= 11 is 0. The summed E-state index contributed by atoms with van der Waals surface area (Å²) in [6.07, 6.45) is 1.57. The molecule has 0 atom stereocenters. The maximum absolute atomic E-state index is 12.9. The summed E-state index contributed by atoms with van der Waals surface area (Å²) in [4.78, 5) is 12.9. The lowest BCUT2D eigenvalue weighted by Gasteiger charge is -2.10. The first-order valence-corrected chi connectivity index (χ1v) is 10.8. The van der Waals surface area contributed by atoms with Crippen LogP contribution in [0.25, 0.3) is 27.7 Å². The van der Waals surface area contributed by atoms with Gasteiger partial charge in [0, 0.05) is 5.56 Å². The molecular formula is C28H22N4O2. The average Bonchev–Trinajstić information content (AvgIpc) is 3.34. The lowest BCUT2D eigenvalue weighted by molar-refractivity contribution is 0.0949. The Labute approximate surface area is 197 Å². The van der Waals surface area contributed by atoms with Crippen LogP contribution in [0.3, 0.4) is 0 Å². The lowest BCUT2D eigenvalue weighted by atomic mass is 10.0. The Morgan fingerprint density at radius 3 is 2.53 bits per heavy atom. The van der Waals surface area contributed by atoms with Gasteiger partial charge >= 0.3 is 0 Å². The number of fused-ring (bicyclic) bond motifs is 1. The highest BCUT2D eigenvalue weighted by Crippen LogP contribution is 2.31. The van der Waals surface area contributed by atoms with Crippen molar-refractivity contribution in [2.45, 2.75) is 0 Å². The van der Waals surface area contributed by atoms with Crippen molar-refractivity contribution in [3.8, 4) is 22.7 Å². The fourth-order valence-corrected chi connectivity index (χ4v) is 3.84. The van der Waals surface area contributed by atoms with E-state index in [1.165, 1.54) is 0 Å². The summed E-state index contributed by atoms with van der Waals surface area (Å²) in [5.74, 6) is 0.326. The van der Waals surface area contributed by atoms with Gasteiger partial charge in [0.2, 0.25) is 0 Å². The molecule has 0 aliphatic heterocycles. The highest BCUT2D eigenvalue weighted by Gasteiger charge is 2.18. The van der Waals surface area contributed by atoms with Crippen LogP contribution in [0.1, 0.15) is 16.1 Å². The zero-order valence-corrected chi connectivity index (χ0v) is 18.6. The van der Waals surface area contributed by atoms with Crippen molar-refractivity contribution in [2.24, 2.45) is 5.10 Å². The van der Waals surface area contributed by atoms with Crippen LogP contribution in [-0.2, 0) is 0 Å². The molecule has 0 unspecified atom stereocenters. The molecule has 0 aliphatic rings. The second-order valence-corrected chi connectivity index (χ2v) is 7.66. The molecule has 1 heterocycles. The van der Waals surface area contributed by atoms with E-state index in [-0.39, 0.29) is 5.69 Å². The Balaban J connectivity index is 1.51. The average molecular weight is 447 g/mol. The molecule has 0 saturated heterocycles. The van der Waals surface area contributed by atoms with Crippen LogP contribution in [-0.4, -0.2) is 29.0 Å². The van der Waals surface area contributed by atoms with Crippen LogP contribution in [0.15, 0.2) is 108 Å². The molecule has 166 valence electrons. The minimum Gasteiger partial charge on any atom is -0.497 e. The van der Waals surface area contributed by atoms with E-state index >= 15 is 0 Å². The first-order chi connectivity index (χ1) is 16.7. The number of nitrogens with one attached hydrogen (secondary N) is 1. The summed E-state index contributed by atoms with van der Waals surface area (Å²) in [6, 6.07) is 33.3. The van der Waals surface area contributed by atoms with Gasteiger partial charge in [-0.1, -0.05) is 72.8 Å². The molecule has 5 rings (SSSR count). The molecule has 1 aromatic heterocycles. The molecule has 0 saturated carbocycles. The van der Waals surface area contributed by atoms with Gasteiger partial charge in [0.1, 0.15) is 5.75 Å². The monoisotopic (exact) mass is 446 g/mol. The van der Waals surface area contributed by atoms with Crippen molar-refractivity contribution in [1.29, 1.82) is 0 Å². The van der Waals surface area contributed by atoms with Crippen molar-refractivity contribution in [1.82, 2.24) is 15.2 Å². The minimum atomic E-state index is -0.393. The summed E-state index contributed by atoms with van der Waals surface area (Å²) in [5, 5.41) is 10.9. The van der Waals surface area contributed by atoms with E-state index in [0.29, 0.717) is 0 Å². The molecule has 5 aromatic rings. The molecule has 6 nitrogen and oxygen atoms in total. The van der Waals surface area contributed by atoms with Gasteiger partial charge < -0.3 is 4.74 Å². The van der Waals surface area contributed by atoms with Crippen molar-refractivity contribution in [3.63, 3.8) is 0 Å². The number of carbonyl (C=O) groups is 1. The molecule has 1 amide bonds. The van der Waals surface area contributed by atoms with Gasteiger partial charge in [0.05, 0.1) is 24.7 Å². The van der Waals surface area contributed by atoms with Gasteiger partial charge in [-0.25, -0.2) is 10.1 Å². The number of hydrazone groups is 1. The van der Waals surface area contributed by atoms with Gasteiger partial charge in [-0.2, -0.15) is 10.2 Å². The quantitative estimate of drug-likeness (QED) is 0.278. The number of para-hydroxylation sites is 1. The number of carbonyl (C=O) groups excluding carboxylic acids is 1. The summed E-state index contributed by atoms with van der Waals surface area (Å²) in [6.45, 7) is 0. The topological polar surface area (TPSA) is 68.5 Å². The van der Waals surface area contributed by atoms with E-state index in [1.54, 1.807) is 24.1 Å². The van der Waals surface area contributed by atoms with Crippen molar-refractivity contribution < 1.29 is 9.53 Å². The number of hydrogen-bond donors (Lipinski definition) is 1. The van der Waals surface area contributed by atoms with E-state index in [2.05, 4.69) is 33.8 Å². The third-order valence-electron chi connectivity index (χ3n) is 5.48. The molecule has 6 heteroatoms. The molecule has 4 aromatic carbocycles. The van der Waals surface area contributed by atoms with Gasteiger partial charge in [-0.05, 0) is 46.7 Å². The van der Waals surface area contributed by atoms with Crippen LogP contribution in [0.2, 0.25) is 0 Å². The normalized spacial score (nSPS) is 11.1. The zero-order valence-electron chi connectivity index (χ0n) is 18.6. The third kappa shape index (κ3) is 4.29. The van der Waals surface area contributed by atoms with Crippen molar-refractivity contribution in [3.05, 3.63) is 114 Å². The predicted octanol–water partition coefficient (Wildman–Crippen LogP) is 5.47. The second-order valence-electron chi connectivity index (χ2n) is 7.66. The second kappa shape index (κ2) is 9.42. The number of hydrogen-bond acceptors (Lipinski definition) is 4. The highest BCUT2D eigenvalue weighted by molar-refractivity contribution is 5.99. The largest absolute Gasteiger partial charge is 0.497 e. The molecule has 1 N–H and O–H groups in total. The van der Waals surface area contributed by atoms with Crippen LogP contribution in [0, 0.1) is 0 Å². The minimum absolute atomic E-state index is 0.273. The first-order valence-electron chi connectivity index (χ1n) is 10.8. The van der Waals surface area contributed by atoms with E-state index in [4.69, 9.17) is 4.74 Å². The van der Waals surface area contributed by atoms with Crippen LogP contribution in [0.4, 0.5) is 0 Å². The number of nitrogens with zero attached hydrogens (tertiary/aromatic N) is 3. The standard InChI is InChI=1S/C28H22N4O2/c1-34-23-14-7-9-20(17-23)19-29-30-28(33)26-18-27(32(31-26)22-12-3-2-4-13-22)25-16-8-11-21-10-5-6-15-24(21)25/h2-19H,1H3,(H,30,33)/b29-19-. The Kier molecular flexibility index (Phi) is 5.86. The Bertz CT molecular complexity index is 1480. The van der Waals surface area contributed by atoms with Gasteiger partial charge in [-0.3, -0.25) is 4.79 Å². The fourth-order valence-electron chi connectivity index (χ4n) is 3.84. The number of benzene rings is 4. The van der Waals surface area contributed by atoms with Crippen molar-refractivity contribution >= 4 is 22.9 Å². The highest BCUT2D eigenvalue weighted by atomic mass is 16.5. The number of ether oxygens (including phenoxy) is 1. The molecule has 0 radical (unpaired) electrons. The smallest absolute Gasteiger partial charge is 0.291 e. The van der Waals surface area contributed by atoms with Crippen LogP contribution in [0.5, 0.6) is 5.75 Å². The van der Waals surface area contributed by atoms with Crippen LogP contribution >= 0.6 is 0 Å². The van der Waals surface area contributed by atoms with Crippen LogP contribution < -0.4 is 10.2 Å². The summed E-state index contributed by atoms with van der Waals surface area (Å²) in [7, 11) is 1.61. The van der Waals surface area contributed by atoms with Crippen molar-refractivity contribution in [2.75, 3.05) is 7.11 Å². The fraction of sp³-hybridized carbons (Fsp3) is 0.0357. The van der Waals surface area contributed by atoms with Gasteiger partial charge in [0.15, 0.2) is 5.69 Å². The van der Waals surface area contributed by atoms with Gasteiger partial charge in [0.25, 0.3) is 5.91 Å². The Morgan fingerprint density at radius 1 is 0.912 bits per heavy atom. The molecule has 0 bridgehead atoms. The number of methoxy groups -OCH3 is 1. The molecule has 34 heavy (non-hydrogen) atoms. The maximum Gasteiger partial charge on any atom is 0.291 e. The predicted molar refractivity (Wildman–Crippen MR) is 135 cm³/mol. The number of rotatable bonds is 6. The van der Waals surface area contributed by atoms with E-state index < -0.39 is 5.91 Å².